The smallest absolute Gasteiger partial charge is 0.256 e. The van der Waals surface area contributed by atoms with E-state index in [1.54, 1.807) is 6.07 Å². The largest absolute Gasteiger partial charge is 0.507 e. The lowest BCUT2D eigenvalue weighted by atomic mass is 9.53. The van der Waals surface area contributed by atoms with Gasteiger partial charge in [0.05, 0.1) is 23.2 Å². The molecule has 1 aromatic carbocycles. The van der Waals surface area contributed by atoms with Gasteiger partial charge < -0.3 is 25.8 Å². The number of Topliss-reactive ketones (excluding diaryl/α,β-unsaturated/α-hetero) is 4. The number of aromatic hydroxyl groups is 1. The van der Waals surface area contributed by atoms with E-state index in [-0.39, 0.29) is 36.3 Å². The van der Waals surface area contributed by atoms with E-state index in [2.05, 4.69) is 15.0 Å². The van der Waals surface area contributed by atoms with Crippen molar-refractivity contribution >= 4 is 34.9 Å². The van der Waals surface area contributed by atoms with Crippen molar-refractivity contribution in [1.29, 1.82) is 0 Å². The third-order valence-electron chi connectivity index (χ3n) is 7.52. The first-order valence-corrected chi connectivity index (χ1v) is 11.2. The van der Waals surface area contributed by atoms with E-state index in [0.717, 1.165) is 0 Å². The lowest BCUT2D eigenvalue weighted by Gasteiger charge is -2.48. The average molecular weight is 495 g/mol. The molecule has 5 atom stereocenters. The number of benzene rings is 1. The van der Waals surface area contributed by atoms with Gasteiger partial charge in [0.2, 0.25) is 5.91 Å². The number of amides is 2. The lowest BCUT2D eigenvalue weighted by Crippen LogP contribution is -2.68. The van der Waals surface area contributed by atoms with Crippen molar-refractivity contribution < 1.29 is 43.5 Å². The van der Waals surface area contributed by atoms with Crippen LogP contribution in [0.4, 0.5) is 0 Å². The molecule has 1 heterocycles. The number of nitrogens with one attached hydrogen (secondary N) is 1. The predicted molar refractivity (Wildman–Crippen MR) is 116 cm³/mol. The fraction of sp³-hybridized carbons (Fsp3) is 0.375. The van der Waals surface area contributed by atoms with Gasteiger partial charge in [-0.3, -0.25) is 28.8 Å². The molecule has 0 spiro atoms. The van der Waals surface area contributed by atoms with Gasteiger partial charge >= 0.3 is 0 Å². The molecule has 2 amide bonds. The summed E-state index contributed by atoms with van der Waals surface area (Å²) in [7, 11) is 0. The lowest BCUT2D eigenvalue weighted by molar-refractivity contribution is -0.175. The Bertz CT molecular complexity index is 1350. The number of nitrogens with zero attached hydrogens (tertiary/aromatic N) is 1. The number of carbonyl (C=O) groups excluding carboxylic acids is 6. The second-order valence-electron chi connectivity index (χ2n) is 9.43. The Morgan fingerprint density at radius 2 is 1.92 bits per heavy atom. The minimum absolute atomic E-state index is 0.00410. The molecule has 0 radical (unpaired) electrons. The molecule has 12 nitrogen and oxygen atoms in total. The van der Waals surface area contributed by atoms with Crippen molar-refractivity contribution in [3.8, 4) is 5.75 Å². The number of carbonyl (C=O) groups is 6. The third-order valence-corrected chi connectivity index (χ3v) is 7.52. The van der Waals surface area contributed by atoms with Gasteiger partial charge in [-0.1, -0.05) is 11.2 Å². The molecule has 2 unspecified atom stereocenters. The molecule has 36 heavy (non-hydrogen) atoms. The van der Waals surface area contributed by atoms with E-state index < -0.39 is 70.6 Å². The number of ketones is 4. The number of phenolic OH excluding ortho intramolecular Hbond substituents is 1. The Hall–Kier alpha value is -4.19. The van der Waals surface area contributed by atoms with Crippen LogP contribution in [-0.2, 0) is 32.1 Å². The zero-order chi connectivity index (χ0) is 25.9. The van der Waals surface area contributed by atoms with Crippen molar-refractivity contribution in [1.82, 2.24) is 10.5 Å². The molecule has 2 saturated carbocycles. The first kappa shape index (κ1) is 23.5. The minimum Gasteiger partial charge on any atom is -0.507 e. The van der Waals surface area contributed by atoms with Crippen LogP contribution in [-0.4, -0.2) is 55.9 Å². The first-order chi connectivity index (χ1) is 17.1. The number of phenols is 1. The van der Waals surface area contributed by atoms with Crippen LogP contribution in [0.2, 0.25) is 0 Å². The van der Waals surface area contributed by atoms with Crippen molar-refractivity contribution in [2.24, 2.45) is 29.4 Å². The Balaban J connectivity index is 1.49. The topological polar surface area (TPSA) is 207 Å². The molecular weight excluding hydrogens is 474 g/mol. The first-order valence-electron chi connectivity index (χ1n) is 11.2. The van der Waals surface area contributed by atoms with Gasteiger partial charge in [-0.15, -0.1) is 0 Å². The molecule has 0 bridgehead atoms. The molecule has 5 N–H and O–H groups in total. The second-order valence-corrected chi connectivity index (χ2v) is 9.43. The summed E-state index contributed by atoms with van der Waals surface area (Å²) in [5.41, 5.74) is 3.49. The number of aliphatic hydroxyl groups is 1. The predicted octanol–water partition coefficient (Wildman–Crippen LogP) is -0.755. The molecule has 186 valence electrons. The fourth-order valence-electron chi connectivity index (χ4n) is 5.79. The summed E-state index contributed by atoms with van der Waals surface area (Å²) in [6, 6.07) is 2.80. The van der Waals surface area contributed by atoms with Gasteiger partial charge in [0, 0.05) is 18.9 Å². The van der Waals surface area contributed by atoms with Crippen LogP contribution in [0.5, 0.6) is 5.75 Å². The zero-order valence-electron chi connectivity index (χ0n) is 18.7. The minimum atomic E-state index is -2.69. The number of hydrogen-bond acceptors (Lipinski definition) is 10. The second kappa shape index (κ2) is 8.19. The average Bonchev–Trinajstić information content (AvgIpc) is 3.35. The quantitative estimate of drug-likeness (QED) is 0.390. The van der Waals surface area contributed by atoms with E-state index >= 15 is 0 Å². The Kier molecular flexibility index (Phi) is 5.36. The molecule has 0 aliphatic heterocycles. The van der Waals surface area contributed by atoms with E-state index in [0.29, 0.717) is 11.1 Å². The summed E-state index contributed by atoms with van der Waals surface area (Å²) in [5, 5.41) is 27.8. The highest BCUT2D eigenvalue weighted by atomic mass is 16.5. The van der Waals surface area contributed by atoms with Gasteiger partial charge in [0.1, 0.15) is 12.0 Å². The van der Waals surface area contributed by atoms with E-state index in [9.17, 15) is 39.0 Å². The van der Waals surface area contributed by atoms with Crippen molar-refractivity contribution in [3.05, 3.63) is 46.8 Å². The summed E-state index contributed by atoms with van der Waals surface area (Å²) in [4.78, 5) is 76.3. The van der Waals surface area contributed by atoms with Crippen LogP contribution in [0, 0.1) is 23.7 Å². The maximum atomic E-state index is 13.5. The van der Waals surface area contributed by atoms with Gasteiger partial charge in [-0.2, -0.15) is 0 Å². The SMILES string of the molecule is NC(=O)C1C(=O)C[C@@H]2C[C@@H]3Cc4c(CNC(=O)c5cnoc5)ccc(O)c4C(=O)C3C(=O)[C@]2(O)C1=O. The van der Waals surface area contributed by atoms with E-state index in [1.165, 1.54) is 18.5 Å². The van der Waals surface area contributed by atoms with Gasteiger partial charge in [-0.05, 0) is 36.0 Å². The van der Waals surface area contributed by atoms with Gasteiger partial charge in [0.15, 0.2) is 34.7 Å². The number of aromatic nitrogens is 1. The maximum Gasteiger partial charge on any atom is 0.256 e. The highest BCUT2D eigenvalue weighted by Crippen LogP contribution is 2.50. The molecule has 1 aromatic heterocycles. The molecule has 2 aromatic rings. The molecular formula is C24H21N3O9. The standard InChI is InChI=1S/C24H21N3O9/c25-22(33)18-15(29)5-12-3-10-4-13-9(6-26-23(34)11-7-27-36-8-11)1-2-14(28)17(13)19(30)16(10)20(31)24(12,35)21(18)32/h1-2,7-8,10,12,16,18,28,35H,3-6H2,(H2,25,33)(H,26,34)/t10-,12+,16?,18?,24+/m1/s1. The van der Waals surface area contributed by atoms with E-state index in [1.807, 2.05) is 0 Å². The summed E-state index contributed by atoms with van der Waals surface area (Å²) in [5.74, 6) is -11.2. The Labute approximate surface area is 202 Å². The highest BCUT2D eigenvalue weighted by Gasteiger charge is 2.66. The third kappa shape index (κ3) is 3.28. The van der Waals surface area contributed by atoms with Crippen LogP contribution in [0.3, 0.4) is 0 Å². The van der Waals surface area contributed by atoms with Crippen LogP contribution in [0.25, 0.3) is 0 Å². The molecule has 0 saturated heterocycles. The van der Waals surface area contributed by atoms with Crippen LogP contribution in [0.1, 0.15) is 44.7 Å². The molecule has 2 fully saturated rings. The maximum absolute atomic E-state index is 13.5. The van der Waals surface area contributed by atoms with Crippen LogP contribution < -0.4 is 11.1 Å². The van der Waals surface area contributed by atoms with Gasteiger partial charge in [-0.25, -0.2) is 0 Å². The normalized spacial score (nSPS) is 29.2. The Morgan fingerprint density at radius 3 is 2.58 bits per heavy atom. The van der Waals surface area contributed by atoms with Crippen LogP contribution in [0.15, 0.2) is 29.1 Å². The summed E-state index contributed by atoms with van der Waals surface area (Å²) in [6.07, 6.45) is 2.11. The monoisotopic (exact) mass is 495 g/mol. The van der Waals surface area contributed by atoms with Crippen LogP contribution >= 0.6 is 0 Å². The number of hydrogen-bond donors (Lipinski definition) is 4. The summed E-state index contributed by atoms with van der Waals surface area (Å²) >= 11 is 0. The summed E-state index contributed by atoms with van der Waals surface area (Å²) < 4.78 is 4.65. The van der Waals surface area contributed by atoms with Gasteiger partial charge in [0.25, 0.3) is 5.91 Å². The molecule has 3 aliphatic rings. The zero-order valence-corrected chi connectivity index (χ0v) is 18.7. The highest BCUT2D eigenvalue weighted by molar-refractivity contribution is 6.31. The van der Waals surface area contributed by atoms with E-state index in [4.69, 9.17) is 5.73 Å². The fourth-order valence-corrected chi connectivity index (χ4v) is 5.79. The van der Waals surface area contributed by atoms with Crippen molar-refractivity contribution in [3.63, 3.8) is 0 Å². The van der Waals surface area contributed by atoms with Crippen molar-refractivity contribution in [2.45, 2.75) is 31.4 Å². The number of fused-ring (bicyclic) bond motifs is 3. The molecule has 12 heteroatoms. The molecule has 3 aliphatic carbocycles. The van der Waals surface area contributed by atoms with Crippen molar-refractivity contribution in [2.75, 3.05) is 0 Å². The summed E-state index contributed by atoms with van der Waals surface area (Å²) in [6.45, 7) is -0.00410. The molecule has 5 rings (SSSR count). The Morgan fingerprint density at radius 1 is 1.17 bits per heavy atom. The number of nitrogens with two attached hydrogens (primary N) is 1. The number of primary amides is 1. The number of rotatable bonds is 4.